The summed E-state index contributed by atoms with van der Waals surface area (Å²) in [6, 6.07) is 0.781. The number of nitrogens with one attached hydrogen (secondary N) is 1. The number of thiazole rings is 1. The maximum absolute atomic E-state index is 4.75. The second-order valence-electron chi connectivity index (χ2n) is 5.58. The number of likely N-dealkylation sites (tertiary alicyclic amines) is 1. The van der Waals surface area contributed by atoms with E-state index in [4.69, 9.17) is 4.98 Å². The Morgan fingerprint density at radius 1 is 1.22 bits per heavy atom. The molecule has 0 unspecified atom stereocenters. The highest BCUT2D eigenvalue weighted by molar-refractivity contribution is 7.09. The quantitative estimate of drug-likeness (QED) is 0.887. The molecular weight excluding hydrogens is 242 g/mol. The molecular formula is C14H23N3S. The van der Waals surface area contributed by atoms with Gasteiger partial charge in [-0.05, 0) is 38.8 Å². The van der Waals surface area contributed by atoms with Gasteiger partial charge in [0.15, 0.2) is 0 Å². The fraction of sp³-hybridized carbons (Fsp3) is 0.786. The third-order valence-electron chi connectivity index (χ3n) is 3.80. The van der Waals surface area contributed by atoms with Gasteiger partial charge in [-0.1, -0.05) is 12.8 Å². The van der Waals surface area contributed by atoms with E-state index in [1.807, 2.05) is 11.3 Å². The Kier molecular flexibility index (Phi) is 4.28. The molecule has 1 aliphatic carbocycles. The fourth-order valence-corrected chi connectivity index (χ4v) is 3.28. The van der Waals surface area contributed by atoms with E-state index in [1.54, 1.807) is 0 Å². The van der Waals surface area contributed by atoms with E-state index < -0.39 is 0 Å². The van der Waals surface area contributed by atoms with Crippen LogP contribution < -0.4 is 5.32 Å². The molecule has 18 heavy (non-hydrogen) atoms. The summed E-state index contributed by atoms with van der Waals surface area (Å²) in [5, 5.41) is 7.04. The summed E-state index contributed by atoms with van der Waals surface area (Å²) < 4.78 is 0. The molecule has 0 bridgehead atoms. The van der Waals surface area contributed by atoms with Crippen LogP contribution in [-0.2, 0) is 13.1 Å². The lowest BCUT2D eigenvalue weighted by Crippen LogP contribution is -2.24. The average molecular weight is 265 g/mol. The predicted molar refractivity (Wildman–Crippen MR) is 75.7 cm³/mol. The van der Waals surface area contributed by atoms with Crippen molar-refractivity contribution in [3.63, 3.8) is 0 Å². The second kappa shape index (κ2) is 6.13. The van der Waals surface area contributed by atoms with Crippen LogP contribution in [0, 0.1) is 0 Å². The first kappa shape index (κ1) is 12.6. The highest BCUT2D eigenvalue weighted by atomic mass is 32.1. The van der Waals surface area contributed by atoms with Gasteiger partial charge in [-0.2, -0.15) is 0 Å². The van der Waals surface area contributed by atoms with Gasteiger partial charge in [-0.15, -0.1) is 11.3 Å². The average Bonchev–Trinajstić information content (AvgIpc) is 3.14. The van der Waals surface area contributed by atoms with Crippen LogP contribution in [0.5, 0.6) is 0 Å². The van der Waals surface area contributed by atoms with Gasteiger partial charge in [0.05, 0.1) is 5.69 Å². The predicted octanol–water partition coefficient (Wildman–Crippen LogP) is 2.77. The molecule has 3 nitrogen and oxygen atoms in total. The first-order valence-corrected chi connectivity index (χ1v) is 8.17. The molecule has 1 aromatic rings. The summed E-state index contributed by atoms with van der Waals surface area (Å²) >= 11 is 1.81. The van der Waals surface area contributed by atoms with E-state index in [1.165, 1.54) is 62.3 Å². The van der Waals surface area contributed by atoms with E-state index in [-0.39, 0.29) is 0 Å². The molecule has 1 aliphatic heterocycles. The molecule has 2 fully saturated rings. The van der Waals surface area contributed by atoms with Crippen LogP contribution in [0.3, 0.4) is 0 Å². The van der Waals surface area contributed by atoms with Crippen LogP contribution in [0.15, 0.2) is 5.38 Å². The Morgan fingerprint density at radius 3 is 2.72 bits per heavy atom. The Balaban J connectivity index is 1.48. The Hall–Kier alpha value is -0.450. The zero-order valence-electron chi connectivity index (χ0n) is 11.0. The second-order valence-corrected chi connectivity index (χ2v) is 6.52. The number of hydrogen-bond acceptors (Lipinski definition) is 4. The Morgan fingerprint density at radius 2 is 2.00 bits per heavy atom. The molecule has 0 amide bonds. The molecule has 0 atom stereocenters. The third-order valence-corrected chi connectivity index (χ3v) is 4.70. The highest BCUT2D eigenvalue weighted by Crippen LogP contribution is 2.20. The summed E-state index contributed by atoms with van der Waals surface area (Å²) in [5.41, 5.74) is 1.27. The zero-order chi connectivity index (χ0) is 12.2. The van der Waals surface area contributed by atoms with E-state index >= 15 is 0 Å². The van der Waals surface area contributed by atoms with E-state index in [9.17, 15) is 0 Å². The normalized spacial score (nSPS) is 22.0. The zero-order valence-corrected chi connectivity index (χ0v) is 11.8. The first-order valence-electron chi connectivity index (χ1n) is 7.29. The largest absolute Gasteiger partial charge is 0.308 e. The number of nitrogens with zero attached hydrogens (tertiary/aromatic N) is 2. The Bertz CT molecular complexity index is 365. The standard InChI is InChI=1S/C14H23N3S/c1-2-4-8-17(7-3-1)10-13-11-18-14(16-13)9-15-12-5-6-12/h11-12,15H,1-10H2. The lowest BCUT2D eigenvalue weighted by molar-refractivity contribution is 0.274. The minimum absolute atomic E-state index is 0.781. The van der Waals surface area contributed by atoms with Gasteiger partial charge in [-0.25, -0.2) is 4.98 Å². The van der Waals surface area contributed by atoms with Crippen molar-refractivity contribution in [2.45, 2.75) is 57.7 Å². The summed E-state index contributed by atoms with van der Waals surface area (Å²) in [4.78, 5) is 7.32. The summed E-state index contributed by atoms with van der Waals surface area (Å²) in [6.45, 7) is 4.54. The molecule has 3 rings (SSSR count). The Labute approximate surface area is 114 Å². The van der Waals surface area contributed by atoms with Gasteiger partial charge in [0.2, 0.25) is 0 Å². The fourth-order valence-electron chi connectivity index (χ4n) is 2.55. The van der Waals surface area contributed by atoms with Crippen LogP contribution >= 0.6 is 11.3 Å². The van der Waals surface area contributed by atoms with Crippen LogP contribution in [-0.4, -0.2) is 29.0 Å². The molecule has 0 radical (unpaired) electrons. The third kappa shape index (κ3) is 3.77. The molecule has 0 spiro atoms. The maximum Gasteiger partial charge on any atom is 0.107 e. The number of hydrogen-bond donors (Lipinski definition) is 1. The van der Waals surface area contributed by atoms with Gasteiger partial charge in [0.1, 0.15) is 5.01 Å². The summed E-state index contributed by atoms with van der Waals surface area (Å²) in [6.07, 6.45) is 8.24. The van der Waals surface area contributed by atoms with E-state index in [0.29, 0.717) is 0 Å². The van der Waals surface area contributed by atoms with Crippen molar-refractivity contribution in [3.8, 4) is 0 Å². The van der Waals surface area contributed by atoms with Gasteiger partial charge in [0, 0.05) is 24.5 Å². The highest BCUT2D eigenvalue weighted by Gasteiger charge is 2.20. The smallest absolute Gasteiger partial charge is 0.107 e. The lowest BCUT2D eigenvalue weighted by Gasteiger charge is -2.17. The molecule has 100 valence electrons. The van der Waals surface area contributed by atoms with Crippen molar-refractivity contribution in [1.82, 2.24) is 15.2 Å². The van der Waals surface area contributed by atoms with Gasteiger partial charge in [-0.3, -0.25) is 4.90 Å². The van der Waals surface area contributed by atoms with E-state index in [0.717, 1.165) is 19.1 Å². The van der Waals surface area contributed by atoms with Crippen molar-refractivity contribution >= 4 is 11.3 Å². The molecule has 1 saturated carbocycles. The molecule has 0 aromatic carbocycles. The minimum atomic E-state index is 0.781. The molecule has 2 aliphatic rings. The van der Waals surface area contributed by atoms with Crippen LogP contribution in [0.4, 0.5) is 0 Å². The topological polar surface area (TPSA) is 28.2 Å². The SMILES string of the molecule is c1sc(CNC2CC2)nc1CN1CCCCCC1. The molecule has 1 aromatic heterocycles. The van der Waals surface area contributed by atoms with Gasteiger partial charge < -0.3 is 5.32 Å². The minimum Gasteiger partial charge on any atom is -0.308 e. The number of aromatic nitrogens is 1. The lowest BCUT2D eigenvalue weighted by atomic mass is 10.2. The molecule has 2 heterocycles. The molecule has 4 heteroatoms. The van der Waals surface area contributed by atoms with Gasteiger partial charge in [0.25, 0.3) is 0 Å². The van der Waals surface area contributed by atoms with Crippen LogP contribution in [0.25, 0.3) is 0 Å². The van der Waals surface area contributed by atoms with Crippen LogP contribution in [0.1, 0.15) is 49.2 Å². The van der Waals surface area contributed by atoms with Crippen molar-refractivity contribution in [2.75, 3.05) is 13.1 Å². The summed E-state index contributed by atoms with van der Waals surface area (Å²) in [5.74, 6) is 0. The molecule has 1 N–H and O–H groups in total. The first-order chi connectivity index (χ1) is 8.90. The monoisotopic (exact) mass is 265 g/mol. The van der Waals surface area contributed by atoms with Crippen molar-refractivity contribution in [2.24, 2.45) is 0 Å². The van der Waals surface area contributed by atoms with Crippen molar-refractivity contribution < 1.29 is 0 Å². The van der Waals surface area contributed by atoms with Crippen molar-refractivity contribution in [3.05, 3.63) is 16.1 Å². The number of rotatable bonds is 5. The summed E-state index contributed by atoms with van der Waals surface area (Å²) in [7, 11) is 0. The van der Waals surface area contributed by atoms with Crippen molar-refractivity contribution in [1.29, 1.82) is 0 Å². The molecule has 1 saturated heterocycles. The maximum atomic E-state index is 4.75. The van der Waals surface area contributed by atoms with Crippen LogP contribution in [0.2, 0.25) is 0 Å². The van der Waals surface area contributed by atoms with Gasteiger partial charge >= 0.3 is 0 Å². The van der Waals surface area contributed by atoms with E-state index in [2.05, 4.69) is 15.6 Å².